The van der Waals surface area contributed by atoms with Gasteiger partial charge in [-0.25, -0.2) is 4.98 Å². The number of rotatable bonds is 6. The number of aromatic nitrogens is 5. The zero-order chi connectivity index (χ0) is 22.1. The molecule has 0 aliphatic heterocycles. The van der Waals surface area contributed by atoms with Crippen LogP contribution in [0.1, 0.15) is 5.69 Å². The van der Waals surface area contributed by atoms with E-state index in [4.69, 9.17) is 20.2 Å². The zero-order valence-corrected chi connectivity index (χ0v) is 18.3. The first-order valence-corrected chi connectivity index (χ1v) is 10.8. The van der Waals surface area contributed by atoms with Gasteiger partial charge in [0.15, 0.2) is 17.2 Å². The van der Waals surface area contributed by atoms with Gasteiger partial charge in [0, 0.05) is 18.1 Å². The second-order valence-electron chi connectivity index (χ2n) is 7.06. The van der Waals surface area contributed by atoms with Crippen molar-refractivity contribution in [2.45, 2.75) is 6.61 Å². The number of fused-ring (bicyclic) bond motifs is 1. The molecule has 0 bridgehead atoms. The molecule has 160 valence electrons. The number of methoxy groups -OCH3 is 2. The van der Waals surface area contributed by atoms with Gasteiger partial charge in [-0.05, 0) is 17.7 Å². The van der Waals surface area contributed by atoms with Gasteiger partial charge in [0.2, 0.25) is 0 Å². The summed E-state index contributed by atoms with van der Waals surface area (Å²) in [5.74, 6) is 1.11. The van der Waals surface area contributed by atoms with Gasteiger partial charge in [0.25, 0.3) is 0 Å². The minimum absolute atomic E-state index is 0.306. The van der Waals surface area contributed by atoms with Crippen molar-refractivity contribution in [3.05, 3.63) is 65.7 Å². The van der Waals surface area contributed by atoms with Crippen molar-refractivity contribution in [1.29, 1.82) is 0 Å². The average molecular weight is 445 g/mol. The first-order valence-electron chi connectivity index (χ1n) is 9.88. The van der Waals surface area contributed by atoms with E-state index in [-0.39, 0.29) is 0 Å². The third-order valence-electron chi connectivity index (χ3n) is 5.06. The predicted molar refractivity (Wildman–Crippen MR) is 124 cm³/mol. The van der Waals surface area contributed by atoms with Crippen LogP contribution in [-0.2, 0) is 11.3 Å². The van der Waals surface area contributed by atoms with Crippen molar-refractivity contribution < 1.29 is 9.47 Å². The quantitative estimate of drug-likeness (QED) is 0.416. The van der Waals surface area contributed by atoms with Crippen molar-refractivity contribution in [2.75, 3.05) is 20.0 Å². The Bertz CT molecular complexity index is 1400. The molecule has 3 aromatic heterocycles. The molecule has 0 saturated carbocycles. The molecule has 0 atom stereocenters. The van der Waals surface area contributed by atoms with E-state index in [1.54, 1.807) is 18.7 Å². The Labute approximate surface area is 188 Å². The van der Waals surface area contributed by atoms with Crippen molar-refractivity contribution in [1.82, 2.24) is 24.8 Å². The number of nitrogens with two attached hydrogens (primary N) is 1. The van der Waals surface area contributed by atoms with Gasteiger partial charge in [-0.1, -0.05) is 42.5 Å². The van der Waals surface area contributed by atoms with E-state index in [0.717, 1.165) is 28.1 Å². The fraction of sp³-hybridized carbons (Fsp3) is 0.130. The standard InChI is InChI=1S/C23H20N6O2S/c1-30-12-17-19(15-9-6-10-16(11-15)31-2)22-27-26-20(21(24)29(22)28-17)23-25-18(13-32-23)14-7-4-3-5-8-14/h3-11,13H,12,24H2,1-2H3. The molecule has 2 aromatic carbocycles. The SMILES string of the molecule is COCc1nn2c(N)c(-c3nc(-c4ccccc4)cs3)nnc2c1-c1cccc(OC)c1. The highest BCUT2D eigenvalue weighted by Crippen LogP contribution is 2.34. The van der Waals surface area contributed by atoms with Crippen LogP contribution in [0.4, 0.5) is 5.82 Å². The summed E-state index contributed by atoms with van der Waals surface area (Å²) in [5.41, 5.74) is 11.9. The predicted octanol–water partition coefficient (Wildman–Crippen LogP) is 4.32. The number of benzene rings is 2. The van der Waals surface area contributed by atoms with Crippen LogP contribution in [0, 0.1) is 0 Å². The molecule has 2 N–H and O–H groups in total. The van der Waals surface area contributed by atoms with Crippen molar-refractivity contribution in [3.8, 4) is 38.8 Å². The minimum Gasteiger partial charge on any atom is -0.497 e. The number of thiazole rings is 1. The molecule has 0 saturated heterocycles. The van der Waals surface area contributed by atoms with Crippen LogP contribution in [-0.4, -0.2) is 39.0 Å². The van der Waals surface area contributed by atoms with E-state index in [9.17, 15) is 0 Å². The molecule has 5 aromatic rings. The Hall–Kier alpha value is -3.82. The molecule has 0 spiro atoms. The van der Waals surface area contributed by atoms with Crippen LogP contribution in [0.2, 0.25) is 0 Å². The topological polar surface area (TPSA) is 100 Å². The minimum atomic E-state index is 0.306. The summed E-state index contributed by atoms with van der Waals surface area (Å²) in [6.45, 7) is 0.306. The molecule has 0 amide bonds. The fourth-order valence-corrected chi connectivity index (χ4v) is 4.37. The smallest absolute Gasteiger partial charge is 0.187 e. The summed E-state index contributed by atoms with van der Waals surface area (Å²) in [6.07, 6.45) is 0. The molecule has 5 rings (SSSR count). The molecule has 32 heavy (non-hydrogen) atoms. The zero-order valence-electron chi connectivity index (χ0n) is 17.5. The molecular formula is C23H20N6O2S. The Morgan fingerprint density at radius 3 is 2.59 bits per heavy atom. The maximum atomic E-state index is 6.51. The molecule has 0 aliphatic rings. The largest absolute Gasteiger partial charge is 0.497 e. The van der Waals surface area contributed by atoms with E-state index in [0.29, 0.717) is 34.5 Å². The highest BCUT2D eigenvalue weighted by atomic mass is 32.1. The number of hydrogen-bond donors (Lipinski definition) is 1. The van der Waals surface area contributed by atoms with Crippen LogP contribution in [0.25, 0.3) is 38.7 Å². The van der Waals surface area contributed by atoms with Gasteiger partial charge in [-0.2, -0.15) is 9.61 Å². The Morgan fingerprint density at radius 2 is 1.81 bits per heavy atom. The summed E-state index contributed by atoms with van der Waals surface area (Å²) >= 11 is 1.47. The Balaban J connectivity index is 1.64. The summed E-state index contributed by atoms with van der Waals surface area (Å²) in [4.78, 5) is 4.72. The normalized spacial score (nSPS) is 11.2. The van der Waals surface area contributed by atoms with Crippen LogP contribution in [0.15, 0.2) is 60.0 Å². The molecule has 0 unspecified atom stereocenters. The van der Waals surface area contributed by atoms with E-state index in [1.165, 1.54) is 11.3 Å². The van der Waals surface area contributed by atoms with Crippen LogP contribution < -0.4 is 10.5 Å². The maximum Gasteiger partial charge on any atom is 0.187 e. The summed E-state index contributed by atoms with van der Waals surface area (Å²) < 4.78 is 12.4. The van der Waals surface area contributed by atoms with E-state index in [1.807, 2.05) is 60.0 Å². The molecule has 0 aliphatic carbocycles. The fourth-order valence-electron chi connectivity index (χ4n) is 3.55. The Morgan fingerprint density at radius 1 is 1.00 bits per heavy atom. The van der Waals surface area contributed by atoms with Crippen LogP contribution in [0.3, 0.4) is 0 Å². The molecule has 0 fully saturated rings. The number of hydrogen-bond acceptors (Lipinski definition) is 8. The third-order valence-corrected chi connectivity index (χ3v) is 5.91. The van der Waals surface area contributed by atoms with Crippen molar-refractivity contribution >= 4 is 22.8 Å². The van der Waals surface area contributed by atoms with Gasteiger partial charge >= 0.3 is 0 Å². The lowest BCUT2D eigenvalue weighted by molar-refractivity contribution is 0.181. The van der Waals surface area contributed by atoms with Gasteiger partial charge in [0.05, 0.1) is 30.7 Å². The maximum absolute atomic E-state index is 6.51. The molecular weight excluding hydrogens is 424 g/mol. The monoisotopic (exact) mass is 444 g/mol. The average Bonchev–Trinajstić information content (AvgIpc) is 3.46. The molecule has 8 nitrogen and oxygen atoms in total. The lowest BCUT2D eigenvalue weighted by Crippen LogP contribution is -2.05. The van der Waals surface area contributed by atoms with Crippen LogP contribution in [0.5, 0.6) is 5.75 Å². The van der Waals surface area contributed by atoms with Gasteiger partial charge in [0.1, 0.15) is 10.8 Å². The Kier molecular flexibility index (Phi) is 5.26. The van der Waals surface area contributed by atoms with Crippen LogP contribution >= 0.6 is 11.3 Å². The summed E-state index contributed by atoms with van der Waals surface area (Å²) in [7, 11) is 3.26. The van der Waals surface area contributed by atoms with Crippen molar-refractivity contribution in [2.24, 2.45) is 0 Å². The van der Waals surface area contributed by atoms with Gasteiger partial charge in [-0.15, -0.1) is 21.5 Å². The van der Waals surface area contributed by atoms with E-state index in [2.05, 4.69) is 15.3 Å². The second kappa shape index (κ2) is 8.37. The number of nitrogen functional groups attached to an aromatic ring is 1. The lowest BCUT2D eigenvalue weighted by atomic mass is 10.1. The lowest BCUT2D eigenvalue weighted by Gasteiger charge is -2.06. The second-order valence-corrected chi connectivity index (χ2v) is 7.92. The number of nitrogens with zero attached hydrogens (tertiary/aromatic N) is 5. The highest BCUT2D eigenvalue weighted by Gasteiger charge is 2.22. The molecule has 3 heterocycles. The van der Waals surface area contributed by atoms with Gasteiger partial charge < -0.3 is 15.2 Å². The van der Waals surface area contributed by atoms with E-state index < -0.39 is 0 Å². The number of ether oxygens (including phenoxy) is 2. The van der Waals surface area contributed by atoms with Crippen molar-refractivity contribution in [3.63, 3.8) is 0 Å². The molecule has 9 heteroatoms. The highest BCUT2D eigenvalue weighted by molar-refractivity contribution is 7.13. The number of anilines is 1. The van der Waals surface area contributed by atoms with E-state index >= 15 is 0 Å². The first-order chi connectivity index (χ1) is 15.7. The third kappa shape index (κ3) is 3.47. The summed E-state index contributed by atoms with van der Waals surface area (Å²) in [6, 6.07) is 17.7. The first kappa shape index (κ1) is 20.1. The van der Waals surface area contributed by atoms with Gasteiger partial charge in [-0.3, -0.25) is 0 Å². The summed E-state index contributed by atoms with van der Waals surface area (Å²) in [5, 5.41) is 16.3. The molecule has 0 radical (unpaired) electrons.